The molecule has 0 bridgehead atoms. The molecule has 260 valence electrons. The van der Waals surface area contributed by atoms with Crippen LogP contribution in [0.5, 0.6) is 0 Å². The van der Waals surface area contributed by atoms with E-state index in [4.69, 9.17) is 83.2 Å². The summed E-state index contributed by atoms with van der Waals surface area (Å²) in [5.41, 5.74) is -2.38. The summed E-state index contributed by atoms with van der Waals surface area (Å²) < 4.78 is 22.2. The second-order valence-corrected chi connectivity index (χ2v) is 18.2. The van der Waals surface area contributed by atoms with E-state index in [0.29, 0.717) is 35.3 Å². The van der Waals surface area contributed by atoms with Crippen molar-refractivity contribution in [3.8, 4) is 0 Å². The van der Waals surface area contributed by atoms with Crippen molar-refractivity contribution < 1.29 is 13.6 Å². The number of hydrogen-bond donors (Lipinski definition) is 0. The lowest BCUT2D eigenvalue weighted by Gasteiger charge is -2.53. The summed E-state index contributed by atoms with van der Waals surface area (Å²) in [6.07, 6.45) is 9.56. The highest BCUT2D eigenvalue weighted by Gasteiger charge is 2.53. The van der Waals surface area contributed by atoms with Crippen molar-refractivity contribution in [1.82, 2.24) is 0 Å². The molecule has 0 rings (SSSR count). The maximum absolute atomic E-state index is 7.40. The predicted octanol–water partition coefficient (Wildman–Crippen LogP) is 13.7. The highest BCUT2D eigenvalue weighted by atomic mass is 35.5. The molecule has 0 saturated heterocycles. The van der Waals surface area contributed by atoms with Gasteiger partial charge in [-0.15, -0.1) is 69.6 Å². The Morgan fingerprint density at radius 3 is 0.628 bits per heavy atom. The van der Waals surface area contributed by atoms with E-state index in [2.05, 4.69) is 62.3 Å². The lowest BCUT2D eigenvalue weighted by molar-refractivity contribution is -0.134. The summed E-state index contributed by atoms with van der Waals surface area (Å²) in [6, 6.07) is 0. The molecular weight excluding hydrogens is 688 g/mol. The van der Waals surface area contributed by atoms with E-state index in [1.165, 1.54) is 0 Å². The minimum atomic E-state index is -1.88. The van der Waals surface area contributed by atoms with E-state index in [1.54, 1.807) is 0 Å². The molecule has 0 aliphatic carbocycles. The molecule has 0 unspecified atom stereocenters. The Morgan fingerprint density at radius 2 is 0.512 bits per heavy atom. The van der Waals surface area contributed by atoms with Crippen molar-refractivity contribution in [2.24, 2.45) is 16.2 Å². The second-order valence-electron chi connectivity index (χ2n) is 15.0. The Morgan fingerprint density at radius 1 is 0.349 bits per heavy atom. The average Bonchev–Trinajstić information content (AvgIpc) is 2.91. The van der Waals surface area contributed by atoms with Crippen LogP contribution >= 0.6 is 78.2 Å². The summed E-state index contributed by atoms with van der Waals surface area (Å²) in [6.45, 7) is 20.1. The van der Waals surface area contributed by atoms with Gasteiger partial charge >= 0.3 is 8.60 Å². The standard InChI is InChI=1S/C33H63Cl6O3P/c1-28(2,3)31(16-10-22-34,17-11-23-35)40-43(41-32(18-12-24-36,19-13-25-37)29(4,5)6)42-33(20-14-26-38,21-15-27-39)30(7,8)9/h10-27H2,1-9H3. The molecule has 3 nitrogen and oxygen atoms in total. The molecule has 0 saturated carbocycles. The highest BCUT2D eigenvalue weighted by Crippen LogP contribution is 2.62. The maximum Gasteiger partial charge on any atom is 0.334 e. The number of hydrogen-bond acceptors (Lipinski definition) is 3. The van der Waals surface area contributed by atoms with Gasteiger partial charge in [0.25, 0.3) is 0 Å². The van der Waals surface area contributed by atoms with Crippen molar-refractivity contribution in [3.05, 3.63) is 0 Å². The molecule has 0 spiro atoms. The Kier molecular flexibility index (Phi) is 22.2. The smallest absolute Gasteiger partial charge is 0.305 e. The van der Waals surface area contributed by atoms with Gasteiger partial charge in [-0.25, -0.2) is 0 Å². The SMILES string of the molecule is CC(C)(C)C(CCCCl)(CCCCl)OP(OC(CCCCl)(CCCCl)C(C)(C)C)OC(CCCCl)(CCCCl)C(C)(C)C. The van der Waals surface area contributed by atoms with E-state index in [0.717, 1.165) is 77.0 Å². The van der Waals surface area contributed by atoms with Gasteiger partial charge in [0.05, 0.1) is 16.8 Å². The van der Waals surface area contributed by atoms with E-state index >= 15 is 0 Å². The molecule has 0 aromatic heterocycles. The van der Waals surface area contributed by atoms with Gasteiger partial charge in [0.15, 0.2) is 0 Å². The molecular formula is C33H63Cl6O3P. The van der Waals surface area contributed by atoms with E-state index in [9.17, 15) is 0 Å². The normalized spacial score (nSPS) is 14.2. The first kappa shape index (κ1) is 45.0. The van der Waals surface area contributed by atoms with E-state index in [-0.39, 0.29) is 16.2 Å². The van der Waals surface area contributed by atoms with E-state index < -0.39 is 25.4 Å². The van der Waals surface area contributed by atoms with Gasteiger partial charge in [0.1, 0.15) is 0 Å². The molecule has 0 heterocycles. The minimum Gasteiger partial charge on any atom is -0.305 e. The van der Waals surface area contributed by atoms with Crippen molar-refractivity contribution in [2.75, 3.05) is 35.3 Å². The molecule has 0 aliphatic heterocycles. The van der Waals surface area contributed by atoms with Crippen LogP contribution in [0.25, 0.3) is 0 Å². The molecule has 0 N–H and O–H groups in total. The third-order valence-electron chi connectivity index (χ3n) is 9.13. The van der Waals surface area contributed by atoms with Crippen LogP contribution in [0.1, 0.15) is 139 Å². The predicted molar refractivity (Wildman–Crippen MR) is 196 cm³/mol. The molecule has 0 fully saturated rings. The van der Waals surface area contributed by atoms with Gasteiger partial charge in [0, 0.05) is 35.3 Å². The van der Waals surface area contributed by atoms with Crippen LogP contribution in [-0.2, 0) is 13.6 Å². The Balaban J connectivity index is 7.42. The number of rotatable bonds is 24. The van der Waals surface area contributed by atoms with Crippen molar-refractivity contribution in [3.63, 3.8) is 0 Å². The number of halogens is 6. The molecule has 0 aliphatic rings. The zero-order valence-electron chi connectivity index (χ0n) is 28.7. The lowest BCUT2D eigenvalue weighted by Crippen LogP contribution is -2.50. The lowest BCUT2D eigenvalue weighted by atomic mass is 9.71. The molecule has 0 amide bonds. The zero-order valence-corrected chi connectivity index (χ0v) is 34.1. The summed E-state index contributed by atoms with van der Waals surface area (Å²) >= 11 is 37.8. The van der Waals surface area contributed by atoms with Crippen LogP contribution in [0.4, 0.5) is 0 Å². The van der Waals surface area contributed by atoms with Crippen molar-refractivity contribution in [2.45, 2.75) is 156 Å². The van der Waals surface area contributed by atoms with Gasteiger partial charge in [-0.2, -0.15) is 0 Å². The first-order valence-corrected chi connectivity index (χ1v) is 20.4. The highest BCUT2D eigenvalue weighted by molar-refractivity contribution is 7.41. The molecule has 10 heteroatoms. The van der Waals surface area contributed by atoms with Gasteiger partial charge in [-0.05, 0) is 93.3 Å². The van der Waals surface area contributed by atoms with Crippen molar-refractivity contribution >= 4 is 78.2 Å². The summed E-state index contributed by atoms with van der Waals surface area (Å²) in [4.78, 5) is 0. The summed E-state index contributed by atoms with van der Waals surface area (Å²) in [5.74, 6) is 3.31. The quantitative estimate of drug-likeness (QED) is 0.0726. The van der Waals surface area contributed by atoms with Crippen LogP contribution in [0.2, 0.25) is 0 Å². The van der Waals surface area contributed by atoms with Crippen LogP contribution in [0, 0.1) is 16.2 Å². The molecule has 43 heavy (non-hydrogen) atoms. The molecule has 0 atom stereocenters. The monoisotopic (exact) mass is 748 g/mol. The van der Waals surface area contributed by atoms with Crippen LogP contribution in [0.3, 0.4) is 0 Å². The second kappa shape index (κ2) is 21.2. The molecule has 0 aromatic rings. The largest absolute Gasteiger partial charge is 0.334 e. The van der Waals surface area contributed by atoms with Crippen LogP contribution in [-0.4, -0.2) is 52.1 Å². The Bertz CT molecular complexity index is 602. The number of alkyl halides is 6. The van der Waals surface area contributed by atoms with Gasteiger partial charge in [-0.1, -0.05) is 62.3 Å². The Labute approximate surface area is 297 Å². The first-order valence-electron chi connectivity index (χ1n) is 16.1. The van der Waals surface area contributed by atoms with E-state index in [1.807, 2.05) is 0 Å². The topological polar surface area (TPSA) is 27.7 Å². The molecule has 0 radical (unpaired) electrons. The fraction of sp³-hybridized carbons (Fsp3) is 1.00. The van der Waals surface area contributed by atoms with Gasteiger partial charge in [0.2, 0.25) is 0 Å². The zero-order chi connectivity index (χ0) is 33.4. The maximum atomic E-state index is 7.40. The fourth-order valence-corrected chi connectivity index (χ4v) is 9.05. The summed E-state index contributed by atoms with van der Waals surface area (Å²) in [5, 5.41) is 0. The third-order valence-corrected chi connectivity index (χ3v) is 12.2. The van der Waals surface area contributed by atoms with Crippen LogP contribution in [0.15, 0.2) is 0 Å². The van der Waals surface area contributed by atoms with Gasteiger partial charge < -0.3 is 13.6 Å². The third kappa shape index (κ3) is 14.2. The first-order chi connectivity index (χ1) is 19.9. The van der Waals surface area contributed by atoms with Crippen molar-refractivity contribution in [1.29, 1.82) is 0 Å². The average molecular weight is 752 g/mol. The Hall–Kier alpha value is 2.05. The minimum absolute atomic E-state index is 0.230. The summed E-state index contributed by atoms with van der Waals surface area (Å²) in [7, 11) is -1.88. The van der Waals surface area contributed by atoms with Crippen LogP contribution < -0.4 is 0 Å². The van der Waals surface area contributed by atoms with Gasteiger partial charge in [-0.3, -0.25) is 0 Å². The molecule has 0 aromatic carbocycles. The fourth-order valence-electron chi connectivity index (χ4n) is 5.91.